The number of rotatable bonds is 8. The minimum Gasteiger partial charge on any atom is -0.460 e. The second kappa shape index (κ2) is 14.3. The molecule has 0 spiro atoms. The minimum absolute atomic E-state index is 0.0387. The molecule has 4 rings (SSSR count). The average Bonchev–Trinajstić information content (AvgIpc) is 3.87. The molecule has 2 aliphatic carbocycles. The van der Waals surface area contributed by atoms with E-state index in [1.54, 1.807) is 39.8 Å². The fourth-order valence-corrected chi connectivity index (χ4v) is 7.21. The fraction of sp³-hybridized carbons (Fsp3) is 0.774. The Hall–Kier alpha value is -3.20. The Labute approximate surface area is 270 Å². The number of fused-ring (bicyclic) bond motifs is 2. The maximum absolute atomic E-state index is 14.1. The van der Waals surface area contributed by atoms with Gasteiger partial charge in [0.1, 0.15) is 29.3 Å². The third kappa shape index (κ3) is 8.99. The lowest BCUT2D eigenvalue weighted by molar-refractivity contribution is -0.153. The number of carbonyl (C=O) groups is 5. The lowest BCUT2D eigenvalue weighted by atomic mass is 10.1. The molecule has 1 saturated heterocycles. The molecular weight excluding hydrogens is 620 g/mol. The molecule has 2 aliphatic heterocycles. The van der Waals surface area contributed by atoms with E-state index in [4.69, 9.17) is 14.2 Å². The molecule has 3 fully saturated rings. The summed E-state index contributed by atoms with van der Waals surface area (Å²) in [5.41, 5.74) is -2.38. The zero-order valence-corrected chi connectivity index (χ0v) is 28.2. The largest absolute Gasteiger partial charge is 0.460 e. The first-order valence-corrected chi connectivity index (χ1v) is 17.7. The molecule has 0 bridgehead atoms. The van der Waals surface area contributed by atoms with Crippen molar-refractivity contribution in [3.05, 3.63) is 12.2 Å². The summed E-state index contributed by atoms with van der Waals surface area (Å²) in [7, 11) is -3.90. The Bertz CT molecular complexity index is 1320. The number of amides is 4. The highest BCUT2D eigenvalue weighted by Crippen LogP contribution is 2.46. The number of hydrogen-bond acceptors (Lipinski definition) is 10. The van der Waals surface area contributed by atoms with Gasteiger partial charge in [0.25, 0.3) is 5.91 Å². The zero-order valence-electron chi connectivity index (χ0n) is 27.3. The van der Waals surface area contributed by atoms with E-state index in [-0.39, 0.29) is 44.9 Å². The van der Waals surface area contributed by atoms with Crippen molar-refractivity contribution in [2.45, 2.75) is 121 Å². The van der Waals surface area contributed by atoms with Crippen molar-refractivity contribution >= 4 is 39.8 Å². The smallest absolute Gasteiger partial charge is 0.408 e. The number of alkyl carbamates (subject to hydrolysis) is 1. The van der Waals surface area contributed by atoms with Gasteiger partial charge in [-0.05, 0) is 59.3 Å². The van der Waals surface area contributed by atoms with Crippen LogP contribution in [-0.4, -0.2) is 97.4 Å². The van der Waals surface area contributed by atoms with Gasteiger partial charge in [-0.25, -0.2) is 13.2 Å². The number of carbonyl (C=O) groups excluding carboxylic acids is 5. The highest BCUT2D eigenvalue weighted by atomic mass is 32.2. The maximum atomic E-state index is 14.1. The predicted octanol–water partition coefficient (Wildman–Crippen LogP) is 1.68. The third-order valence-electron chi connectivity index (χ3n) is 8.57. The van der Waals surface area contributed by atoms with Gasteiger partial charge in [0, 0.05) is 18.9 Å². The van der Waals surface area contributed by atoms with Crippen molar-refractivity contribution in [3.8, 4) is 0 Å². The Morgan fingerprint density at radius 1 is 1.20 bits per heavy atom. The van der Waals surface area contributed by atoms with Crippen LogP contribution in [0, 0.1) is 11.8 Å². The second-order valence-corrected chi connectivity index (χ2v) is 15.7. The van der Waals surface area contributed by atoms with Crippen LogP contribution in [0.25, 0.3) is 0 Å². The Morgan fingerprint density at radius 3 is 2.57 bits per heavy atom. The molecule has 4 amide bonds. The molecule has 0 aromatic carbocycles. The molecule has 46 heavy (non-hydrogen) atoms. The van der Waals surface area contributed by atoms with E-state index in [0.717, 1.165) is 6.42 Å². The average molecular weight is 669 g/mol. The van der Waals surface area contributed by atoms with Gasteiger partial charge in [-0.2, -0.15) is 0 Å². The summed E-state index contributed by atoms with van der Waals surface area (Å²) < 4.78 is 44.2. The van der Waals surface area contributed by atoms with Crippen LogP contribution in [0.15, 0.2) is 12.2 Å². The summed E-state index contributed by atoms with van der Waals surface area (Å²) in [4.78, 5) is 68.3. The molecule has 4 aliphatic rings. The maximum Gasteiger partial charge on any atom is 0.408 e. The Morgan fingerprint density at radius 2 is 1.91 bits per heavy atom. The van der Waals surface area contributed by atoms with Gasteiger partial charge >= 0.3 is 12.1 Å². The van der Waals surface area contributed by atoms with E-state index in [1.165, 1.54) is 4.90 Å². The topological polar surface area (TPSA) is 187 Å². The summed E-state index contributed by atoms with van der Waals surface area (Å²) in [5, 5.41) is 4.74. The van der Waals surface area contributed by atoms with Crippen molar-refractivity contribution in [1.82, 2.24) is 20.3 Å². The third-order valence-corrected chi connectivity index (χ3v) is 10.4. The molecule has 6 atom stereocenters. The molecule has 0 aromatic rings. The minimum atomic E-state index is -3.90. The molecule has 6 unspecified atom stereocenters. The number of nitrogens with one attached hydrogen (secondary N) is 3. The van der Waals surface area contributed by atoms with E-state index in [1.807, 2.05) is 6.92 Å². The summed E-state index contributed by atoms with van der Waals surface area (Å²) in [6.45, 7) is 9.12. The van der Waals surface area contributed by atoms with E-state index in [2.05, 4.69) is 15.4 Å². The van der Waals surface area contributed by atoms with Crippen molar-refractivity contribution in [1.29, 1.82) is 0 Å². The van der Waals surface area contributed by atoms with Gasteiger partial charge < -0.3 is 29.7 Å². The van der Waals surface area contributed by atoms with Gasteiger partial charge in [0.05, 0.1) is 24.3 Å². The summed E-state index contributed by atoms with van der Waals surface area (Å²) in [6, 6.07) is -2.25. The second-order valence-electron chi connectivity index (χ2n) is 13.8. The quantitative estimate of drug-likeness (QED) is 0.254. The van der Waals surface area contributed by atoms with Crippen LogP contribution in [0.3, 0.4) is 0 Å². The van der Waals surface area contributed by atoms with Crippen LogP contribution in [0.1, 0.15) is 86.0 Å². The zero-order chi connectivity index (χ0) is 33.9. The van der Waals surface area contributed by atoms with Crippen LogP contribution in [0.2, 0.25) is 0 Å². The highest BCUT2D eigenvalue weighted by Gasteiger charge is 2.62. The van der Waals surface area contributed by atoms with Crippen molar-refractivity contribution < 1.29 is 46.6 Å². The van der Waals surface area contributed by atoms with E-state index in [0.29, 0.717) is 25.7 Å². The van der Waals surface area contributed by atoms with Crippen molar-refractivity contribution in [3.63, 3.8) is 0 Å². The first kappa shape index (κ1) is 35.7. The van der Waals surface area contributed by atoms with Gasteiger partial charge in [-0.3, -0.25) is 23.9 Å². The number of esters is 1. The molecule has 15 heteroatoms. The lowest BCUT2D eigenvalue weighted by Gasteiger charge is -2.30. The van der Waals surface area contributed by atoms with Crippen LogP contribution < -0.4 is 15.4 Å². The van der Waals surface area contributed by atoms with E-state index in [9.17, 15) is 32.4 Å². The standard InChI is InChI=1S/C31H48N4O10S/c1-6-9-19(2)27(38)44-21-16-24-25(36)33-31(28(39)34-46(41,42)22-12-13-22)17-20(31)10-7-14-43-15-8-11-23(26(37)35(24)18-21)32-29(40)45-30(3,4)5/h7,10,19-24H,6,8-9,11-18H2,1-5H3,(H,32,40)(H,33,36)(H,34,39)/b10-7+. The van der Waals surface area contributed by atoms with Crippen LogP contribution >= 0.6 is 0 Å². The summed E-state index contributed by atoms with van der Waals surface area (Å²) in [6.07, 6.45) is 4.78. The molecule has 258 valence electrons. The summed E-state index contributed by atoms with van der Waals surface area (Å²) >= 11 is 0. The molecule has 0 radical (unpaired) electrons. The van der Waals surface area contributed by atoms with Crippen LogP contribution in [-0.2, 0) is 43.4 Å². The van der Waals surface area contributed by atoms with Gasteiger partial charge in [0.2, 0.25) is 21.8 Å². The normalized spacial score (nSPS) is 30.3. The Kier molecular flexibility index (Phi) is 11.1. The summed E-state index contributed by atoms with van der Waals surface area (Å²) in [5.74, 6) is -3.45. The molecular formula is C31H48N4O10S. The SMILES string of the molecule is CCCC(C)C(=O)OC1CC2C(=O)NC3(C(=O)NS(=O)(=O)C4CC4)CC3/C=C/COCCCC(NC(=O)OC(C)(C)C)C(=O)N2C1. The highest BCUT2D eigenvalue weighted by molar-refractivity contribution is 7.91. The lowest BCUT2D eigenvalue weighted by Crippen LogP contribution is -2.58. The van der Waals surface area contributed by atoms with Gasteiger partial charge in [-0.15, -0.1) is 0 Å². The van der Waals surface area contributed by atoms with Crippen LogP contribution in [0.5, 0.6) is 0 Å². The first-order chi connectivity index (χ1) is 21.6. The predicted molar refractivity (Wildman–Crippen MR) is 165 cm³/mol. The van der Waals surface area contributed by atoms with Gasteiger partial charge in [-0.1, -0.05) is 32.4 Å². The van der Waals surface area contributed by atoms with Crippen molar-refractivity contribution in [2.75, 3.05) is 19.8 Å². The number of nitrogens with zero attached hydrogens (tertiary/aromatic N) is 1. The van der Waals surface area contributed by atoms with E-state index >= 15 is 0 Å². The number of hydrogen-bond donors (Lipinski definition) is 3. The number of ether oxygens (including phenoxy) is 3. The molecule has 0 aromatic heterocycles. The molecule has 2 heterocycles. The molecule has 3 N–H and O–H groups in total. The van der Waals surface area contributed by atoms with Crippen molar-refractivity contribution in [2.24, 2.45) is 11.8 Å². The Balaban J connectivity index is 1.62. The molecule has 14 nitrogen and oxygen atoms in total. The van der Waals surface area contributed by atoms with E-state index < -0.39 is 80.3 Å². The van der Waals surface area contributed by atoms with Crippen LogP contribution in [0.4, 0.5) is 4.79 Å². The number of sulfonamides is 1. The molecule has 2 saturated carbocycles. The fourth-order valence-electron chi connectivity index (χ4n) is 5.84. The van der Waals surface area contributed by atoms with Gasteiger partial charge in [0.15, 0.2) is 0 Å². The first-order valence-electron chi connectivity index (χ1n) is 16.2. The monoisotopic (exact) mass is 668 g/mol.